The number of ether oxygens (including phenoxy) is 3. The van der Waals surface area contributed by atoms with Gasteiger partial charge >= 0.3 is 11.9 Å². The van der Waals surface area contributed by atoms with Crippen molar-refractivity contribution in [2.75, 3.05) is 7.11 Å². The Morgan fingerprint density at radius 3 is 2.47 bits per heavy atom. The number of carbonyl (C=O) groups excluding carboxylic acids is 2. The third-order valence-corrected chi connectivity index (χ3v) is 4.50. The van der Waals surface area contributed by atoms with Crippen LogP contribution in [0.1, 0.15) is 21.5 Å². The van der Waals surface area contributed by atoms with E-state index in [9.17, 15) is 18.4 Å². The lowest BCUT2D eigenvalue weighted by Gasteiger charge is -2.10. The number of hydrogen-bond donors (Lipinski definition) is 0. The molecule has 0 bridgehead atoms. The summed E-state index contributed by atoms with van der Waals surface area (Å²) in [6, 6.07) is 15.3. The molecule has 1 aliphatic heterocycles. The zero-order valence-corrected chi connectivity index (χ0v) is 16.7. The second-order valence-electron chi connectivity index (χ2n) is 6.62. The second kappa shape index (κ2) is 8.81. The predicted octanol–water partition coefficient (Wildman–Crippen LogP) is 4.54. The Balaban J connectivity index is 1.58. The van der Waals surface area contributed by atoms with Gasteiger partial charge in [0, 0.05) is 0 Å². The van der Waals surface area contributed by atoms with Crippen LogP contribution in [0.15, 0.2) is 77.4 Å². The molecule has 0 aromatic heterocycles. The van der Waals surface area contributed by atoms with Gasteiger partial charge in [-0.15, -0.1) is 0 Å². The van der Waals surface area contributed by atoms with Crippen molar-refractivity contribution in [3.8, 4) is 11.5 Å². The number of methoxy groups -OCH3 is 1. The van der Waals surface area contributed by atoms with Crippen molar-refractivity contribution in [2.45, 2.75) is 0 Å². The van der Waals surface area contributed by atoms with E-state index in [0.717, 1.165) is 12.1 Å². The van der Waals surface area contributed by atoms with Crippen molar-refractivity contribution in [1.82, 2.24) is 0 Å². The fourth-order valence-electron chi connectivity index (χ4n) is 2.92. The zero-order chi connectivity index (χ0) is 22.7. The summed E-state index contributed by atoms with van der Waals surface area (Å²) < 4.78 is 42.7. The molecule has 0 fully saturated rings. The quantitative estimate of drug-likeness (QED) is 0.334. The Morgan fingerprint density at radius 2 is 1.75 bits per heavy atom. The first-order chi connectivity index (χ1) is 15.4. The van der Waals surface area contributed by atoms with Crippen LogP contribution in [0.2, 0.25) is 0 Å². The largest absolute Gasteiger partial charge is 0.493 e. The van der Waals surface area contributed by atoms with Gasteiger partial charge in [-0.25, -0.2) is 23.4 Å². The summed E-state index contributed by atoms with van der Waals surface area (Å²) in [5, 5.41) is 0. The predicted molar refractivity (Wildman–Crippen MR) is 111 cm³/mol. The minimum Gasteiger partial charge on any atom is -0.493 e. The smallest absolute Gasteiger partial charge is 0.363 e. The first kappa shape index (κ1) is 20.9. The molecule has 0 saturated heterocycles. The summed E-state index contributed by atoms with van der Waals surface area (Å²) in [5.41, 5.74) is 0.725. The molecule has 8 heteroatoms. The first-order valence-electron chi connectivity index (χ1n) is 9.38. The van der Waals surface area contributed by atoms with E-state index < -0.39 is 23.6 Å². The van der Waals surface area contributed by atoms with E-state index in [1.165, 1.54) is 55.7 Å². The summed E-state index contributed by atoms with van der Waals surface area (Å²) in [6.45, 7) is 0. The van der Waals surface area contributed by atoms with Crippen molar-refractivity contribution < 1.29 is 32.6 Å². The summed E-state index contributed by atoms with van der Waals surface area (Å²) in [4.78, 5) is 28.5. The van der Waals surface area contributed by atoms with Gasteiger partial charge < -0.3 is 14.2 Å². The van der Waals surface area contributed by atoms with E-state index in [0.29, 0.717) is 5.56 Å². The lowest BCUT2D eigenvalue weighted by atomic mass is 10.1. The molecule has 6 nitrogen and oxygen atoms in total. The maximum atomic E-state index is 13.9. The third-order valence-electron chi connectivity index (χ3n) is 4.50. The number of nitrogens with zero attached hydrogens (tertiary/aromatic N) is 1. The standard InChI is InChI=1S/C24H15F2NO5/c1-30-21-13-14(6-11-20(21)31-23(28)15-7-9-16(25)10-8-15)12-19-24(29)32-22(27-19)17-4-2-3-5-18(17)26/h2-13H,1H3/b19-12+. The Morgan fingerprint density at radius 1 is 1.00 bits per heavy atom. The molecule has 1 aliphatic rings. The molecule has 4 rings (SSSR count). The van der Waals surface area contributed by atoms with E-state index in [4.69, 9.17) is 14.2 Å². The van der Waals surface area contributed by atoms with Gasteiger partial charge in [0.1, 0.15) is 11.6 Å². The molecule has 32 heavy (non-hydrogen) atoms. The molecule has 0 radical (unpaired) electrons. The molecule has 3 aromatic rings. The van der Waals surface area contributed by atoms with E-state index in [-0.39, 0.29) is 34.2 Å². The summed E-state index contributed by atoms with van der Waals surface area (Å²) in [5.74, 6) is -2.22. The van der Waals surface area contributed by atoms with Crippen molar-refractivity contribution in [2.24, 2.45) is 4.99 Å². The molecule has 0 atom stereocenters. The van der Waals surface area contributed by atoms with E-state index in [1.807, 2.05) is 0 Å². The molecule has 0 unspecified atom stereocenters. The molecule has 0 N–H and O–H groups in total. The highest BCUT2D eigenvalue weighted by Crippen LogP contribution is 2.30. The van der Waals surface area contributed by atoms with Crippen LogP contribution in [0.4, 0.5) is 8.78 Å². The van der Waals surface area contributed by atoms with E-state index in [2.05, 4.69) is 4.99 Å². The molecule has 160 valence electrons. The third kappa shape index (κ3) is 4.39. The second-order valence-corrected chi connectivity index (χ2v) is 6.62. The van der Waals surface area contributed by atoms with Gasteiger partial charge in [-0.05, 0) is 60.2 Å². The molecule has 0 amide bonds. The van der Waals surface area contributed by atoms with Crippen molar-refractivity contribution in [3.05, 3.63) is 101 Å². The SMILES string of the molecule is COc1cc(/C=C2/N=C(c3ccccc3F)OC2=O)ccc1OC(=O)c1ccc(F)cc1. The number of halogens is 2. The van der Waals surface area contributed by atoms with Crippen molar-refractivity contribution in [1.29, 1.82) is 0 Å². The van der Waals surface area contributed by atoms with Gasteiger partial charge in [-0.1, -0.05) is 18.2 Å². The first-order valence-corrected chi connectivity index (χ1v) is 9.38. The Hall–Kier alpha value is -4.33. The maximum absolute atomic E-state index is 13.9. The highest BCUT2D eigenvalue weighted by atomic mass is 19.1. The van der Waals surface area contributed by atoms with Crippen LogP contribution in [0.5, 0.6) is 11.5 Å². The normalized spacial score (nSPS) is 14.2. The Labute approximate surface area is 181 Å². The molecule has 0 aliphatic carbocycles. The van der Waals surface area contributed by atoms with Gasteiger partial charge in [0.25, 0.3) is 0 Å². The number of hydrogen-bond acceptors (Lipinski definition) is 6. The van der Waals surface area contributed by atoms with Crippen LogP contribution in [0.25, 0.3) is 6.08 Å². The van der Waals surface area contributed by atoms with Gasteiger partial charge in [-0.2, -0.15) is 0 Å². The Kier molecular flexibility index (Phi) is 5.76. The monoisotopic (exact) mass is 435 g/mol. The van der Waals surface area contributed by atoms with Crippen molar-refractivity contribution in [3.63, 3.8) is 0 Å². The summed E-state index contributed by atoms with van der Waals surface area (Å²) in [6.07, 6.45) is 1.43. The summed E-state index contributed by atoms with van der Waals surface area (Å²) >= 11 is 0. The molecule has 0 saturated carbocycles. The van der Waals surface area contributed by atoms with Crippen molar-refractivity contribution >= 4 is 23.9 Å². The fourth-order valence-corrected chi connectivity index (χ4v) is 2.92. The number of rotatable bonds is 5. The van der Waals surface area contributed by atoms with Gasteiger partial charge in [0.15, 0.2) is 17.2 Å². The fraction of sp³-hybridized carbons (Fsp3) is 0.0417. The number of esters is 2. The highest BCUT2D eigenvalue weighted by Gasteiger charge is 2.26. The van der Waals surface area contributed by atoms with Gasteiger partial charge in [0.2, 0.25) is 5.90 Å². The average molecular weight is 435 g/mol. The number of benzene rings is 3. The Bertz CT molecular complexity index is 1270. The minimum absolute atomic E-state index is 0.0265. The van der Waals surface area contributed by atoms with Crippen LogP contribution in [0, 0.1) is 11.6 Å². The topological polar surface area (TPSA) is 74.2 Å². The van der Waals surface area contributed by atoms with Crippen LogP contribution in [-0.2, 0) is 9.53 Å². The zero-order valence-electron chi connectivity index (χ0n) is 16.7. The van der Waals surface area contributed by atoms with Crippen LogP contribution in [-0.4, -0.2) is 24.9 Å². The summed E-state index contributed by atoms with van der Waals surface area (Å²) in [7, 11) is 1.39. The van der Waals surface area contributed by atoms with E-state index >= 15 is 0 Å². The van der Waals surface area contributed by atoms with E-state index in [1.54, 1.807) is 12.1 Å². The molecule has 1 heterocycles. The lowest BCUT2D eigenvalue weighted by molar-refractivity contribution is -0.129. The number of aliphatic imine (C=N–C) groups is 1. The lowest BCUT2D eigenvalue weighted by Crippen LogP contribution is -2.09. The average Bonchev–Trinajstić information content (AvgIpc) is 3.15. The molecular formula is C24H15F2NO5. The highest BCUT2D eigenvalue weighted by molar-refractivity contribution is 6.13. The number of cyclic esters (lactones) is 1. The molecular weight excluding hydrogens is 420 g/mol. The van der Waals surface area contributed by atoms with Crippen LogP contribution >= 0.6 is 0 Å². The van der Waals surface area contributed by atoms with Crippen LogP contribution in [0.3, 0.4) is 0 Å². The molecule has 3 aromatic carbocycles. The molecule has 0 spiro atoms. The number of carbonyl (C=O) groups is 2. The van der Waals surface area contributed by atoms with Gasteiger partial charge in [-0.3, -0.25) is 0 Å². The van der Waals surface area contributed by atoms with Gasteiger partial charge in [0.05, 0.1) is 18.2 Å². The maximum Gasteiger partial charge on any atom is 0.363 e. The van der Waals surface area contributed by atoms with Crippen LogP contribution < -0.4 is 9.47 Å². The minimum atomic E-state index is -0.728.